The number of nitrogens with zero attached hydrogens (tertiary/aromatic N) is 1. The molecule has 0 aliphatic carbocycles. The Hall–Kier alpha value is -3.71. The lowest BCUT2D eigenvalue weighted by atomic mass is 10.1. The van der Waals surface area contributed by atoms with Crippen LogP contribution < -0.4 is 15.4 Å². The molecule has 2 N–H and O–H groups in total. The average Bonchev–Trinajstić information content (AvgIpc) is 2.81. The zero-order chi connectivity index (χ0) is 21.9. The van der Waals surface area contributed by atoms with Crippen molar-refractivity contribution >= 4 is 17.5 Å². The molecule has 7 heteroatoms. The average molecular weight is 419 g/mol. The lowest BCUT2D eigenvalue weighted by Crippen LogP contribution is -2.24. The Labute approximate surface area is 181 Å². The van der Waals surface area contributed by atoms with Gasteiger partial charge in [0.05, 0.1) is 12.2 Å². The van der Waals surface area contributed by atoms with E-state index in [1.165, 1.54) is 0 Å². The number of ether oxygens (including phenoxy) is 2. The van der Waals surface area contributed by atoms with Crippen LogP contribution in [0.15, 0.2) is 73.1 Å². The third-order valence-electron chi connectivity index (χ3n) is 4.40. The number of hydrogen-bond acceptors (Lipinski definition) is 5. The second kappa shape index (κ2) is 11.5. The summed E-state index contributed by atoms with van der Waals surface area (Å²) in [5, 5.41) is 5.75. The van der Waals surface area contributed by atoms with Crippen LogP contribution in [0.1, 0.15) is 33.2 Å². The normalized spacial score (nSPS) is 10.4. The van der Waals surface area contributed by atoms with Crippen LogP contribution in [0.4, 0.5) is 5.69 Å². The second-order valence-electron chi connectivity index (χ2n) is 6.61. The highest BCUT2D eigenvalue weighted by Gasteiger charge is 2.12. The van der Waals surface area contributed by atoms with Gasteiger partial charge in [0.2, 0.25) is 0 Å². The zero-order valence-electron chi connectivity index (χ0n) is 17.3. The van der Waals surface area contributed by atoms with Crippen LogP contribution in [-0.4, -0.2) is 36.6 Å². The Bertz CT molecular complexity index is 1010. The predicted octanol–water partition coefficient (Wildman–Crippen LogP) is 3.68. The van der Waals surface area contributed by atoms with Gasteiger partial charge in [0.15, 0.2) is 0 Å². The first-order chi connectivity index (χ1) is 15.2. The highest BCUT2D eigenvalue weighted by atomic mass is 16.5. The molecule has 160 valence electrons. The Balaban J connectivity index is 1.58. The number of benzene rings is 2. The second-order valence-corrected chi connectivity index (χ2v) is 6.61. The number of aromatic nitrogens is 1. The molecule has 7 nitrogen and oxygen atoms in total. The first-order valence-electron chi connectivity index (χ1n) is 10.1. The molecule has 0 radical (unpaired) electrons. The molecule has 0 saturated heterocycles. The maximum absolute atomic E-state index is 12.7. The van der Waals surface area contributed by atoms with Crippen LogP contribution >= 0.6 is 0 Å². The van der Waals surface area contributed by atoms with Gasteiger partial charge < -0.3 is 20.1 Å². The Morgan fingerprint density at radius 1 is 0.935 bits per heavy atom. The van der Waals surface area contributed by atoms with Gasteiger partial charge in [-0.2, -0.15) is 0 Å². The minimum absolute atomic E-state index is 0.221. The van der Waals surface area contributed by atoms with E-state index in [0.717, 1.165) is 5.56 Å². The smallest absolute Gasteiger partial charge is 0.255 e. The van der Waals surface area contributed by atoms with E-state index in [1.807, 2.05) is 31.2 Å². The van der Waals surface area contributed by atoms with Crippen LogP contribution in [0.3, 0.4) is 0 Å². The summed E-state index contributed by atoms with van der Waals surface area (Å²) in [4.78, 5) is 28.9. The summed E-state index contributed by atoms with van der Waals surface area (Å²) >= 11 is 0. The number of para-hydroxylation sites is 1. The zero-order valence-corrected chi connectivity index (χ0v) is 17.3. The van der Waals surface area contributed by atoms with Crippen LogP contribution in [0.25, 0.3) is 0 Å². The molecule has 0 aliphatic rings. The minimum Gasteiger partial charge on any atom is -0.490 e. The van der Waals surface area contributed by atoms with Gasteiger partial charge in [-0.25, -0.2) is 0 Å². The number of amides is 2. The number of nitrogens with one attached hydrogen (secondary N) is 2. The van der Waals surface area contributed by atoms with Crippen molar-refractivity contribution in [2.24, 2.45) is 0 Å². The first kappa shape index (κ1) is 22.0. The predicted molar refractivity (Wildman–Crippen MR) is 118 cm³/mol. The minimum atomic E-state index is -0.238. The van der Waals surface area contributed by atoms with Gasteiger partial charge in [-0.3, -0.25) is 14.6 Å². The molecule has 0 fully saturated rings. The van der Waals surface area contributed by atoms with E-state index in [1.54, 1.807) is 48.8 Å². The lowest BCUT2D eigenvalue weighted by molar-refractivity contribution is 0.0933. The van der Waals surface area contributed by atoms with E-state index < -0.39 is 0 Å². The van der Waals surface area contributed by atoms with Crippen molar-refractivity contribution in [3.63, 3.8) is 0 Å². The highest BCUT2D eigenvalue weighted by Crippen LogP contribution is 2.18. The summed E-state index contributed by atoms with van der Waals surface area (Å²) in [6.45, 7) is 3.68. The van der Waals surface area contributed by atoms with Gasteiger partial charge in [-0.05, 0) is 48.9 Å². The molecule has 0 saturated carbocycles. The lowest BCUT2D eigenvalue weighted by Gasteiger charge is -2.12. The Morgan fingerprint density at radius 3 is 2.55 bits per heavy atom. The Morgan fingerprint density at radius 2 is 1.74 bits per heavy atom. The molecule has 0 bridgehead atoms. The number of hydrogen-bond donors (Lipinski definition) is 2. The summed E-state index contributed by atoms with van der Waals surface area (Å²) in [6.07, 6.45) is 3.14. The molecule has 31 heavy (non-hydrogen) atoms. The van der Waals surface area contributed by atoms with Crippen molar-refractivity contribution in [3.05, 3.63) is 89.7 Å². The van der Waals surface area contributed by atoms with Gasteiger partial charge in [0, 0.05) is 36.8 Å². The third-order valence-corrected chi connectivity index (χ3v) is 4.40. The molecule has 3 aromatic rings. The van der Waals surface area contributed by atoms with Crippen molar-refractivity contribution in [2.45, 2.75) is 13.5 Å². The van der Waals surface area contributed by atoms with E-state index in [4.69, 9.17) is 9.47 Å². The standard InChI is InChI=1S/C24H25N3O4/c1-2-30-14-15-31-22-9-4-3-8-21(22)24(29)26-17-18-6-5-7-20(16-18)27-23(28)19-10-12-25-13-11-19/h3-13,16H,2,14-15,17H2,1H3,(H,26,29)(H,27,28). The van der Waals surface area contributed by atoms with E-state index in [-0.39, 0.29) is 11.8 Å². The molecule has 2 aromatic carbocycles. The van der Waals surface area contributed by atoms with E-state index in [0.29, 0.717) is 48.9 Å². The summed E-state index contributed by atoms with van der Waals surface area (Å²) in [5.41, 5.74) is 2.49. The van der Waals surface area contributed by atoms with E-state index >= 15 is 0 Å². The van der Waals surface area contributed by atoms with Gasteiger partial charge in [-0.15, -0.1) is 0 Å². The molecule has 1 aromatic heterocycles. The van der Waals surface area contributed by atoms with Crippen LogP contribution in [0.5, 0.6) is 5.75 Å². The van der Waals surface area contributed by atoms with E-state index in [2.05, 4.69) is 15.6 Å². The van der Waals surface area contributed by atoms with E-state index in [9.17, 15) is 9.59 Å². The third kappa shape index (κ3) is 6.65. The highest BCUT2D eigenvalue weighted by molar-refractivity contribution is 6.04. The fourth-order valence-corrected chi connectivity index (χ4v) is 2.88. The summed E-state index contributed by atoms with van der Waals surface area (Å²) < 4.78 is 10.9. The summed E-state index contributed by atoms with van der Waals surface area (Å²) in [7, 11) is 0. The quantitative estimate of drug-likeness (QED) is 0.490. The maximum atomic E-state index is 12.7. The number of carbonyl (C=O) groups excluding carboxylic acids is 2. The molecular formula is C24H25N3O4. The molecule has 2 amide bonds. The molecular weight excluding hydrogens is 394 g/mol. The molecule has 0 spiro atoms. The molecule has 0 aliphatic heterocycles. The van der Waals surface area contributed by atoms with Crippen LogP contribution in [-0.2, 0) is 11.3 Å². The number of carbonyl (C=O) groups is 2. The number of pyridine rings is 1. The number of anilines is 1. The molecule has 0 atom stereocenters. The topological polar surface area (TPSA) is 89.5 Å². The van der Waals surface area contributed by atoms with Crippen molar-refractivity contribution in [3.8, 4) is 5.75 Å². The fraction of sp³-hybridized carbons (Fsp3) is 0.208. The van der Waals surface area contributed by atoms with Gasteiger partial charge in [0.1, 0.15) is 12.4 Å². The fourth-order valence-electron chi connectivity index (χ4n) is 2.88. The van der Waals surface area contributed by atoms with Crippen LogP contribution in [0, 0.1) is 0 Å². The van der Waals surface area contributed by atoms with Crippen molar-refractivity contribution in [2.75, 3.05) is 25.1 Å². The summed E-state index contributed by atoms with van der Waals surface area (Å²) in [6, 6.07) is 17.7. The SMILES string of the molecule is CCOCCOc1ccccc1C(=O)NCc1cccc(NC(=O)c2ccncc2)c1. The molecule has 3 rings (SSSR count). The summed E-state index contributed by atoms with van der Waals surface area (Å²) in [5.74, 6) is 0.0537. The molecule has 0 unspecified atom stereocenters. The van der Waals surface area contributed by atoms with Gasteiger partial charge >= 0.3 is 0 Å². The number of rotatable bonds is 10. The monoisotopic (exact) mass is 419 g/mol. The van der Waals surface area contributed by atoms with Gasteiger partial charge in [0.25, 0.3) is 11.8 Å². The maximum Gasteiger partial charge on any atom is 0.255 e. The van der Waals surface area contributed by atoms with Crippen molar-refractivity contribution < 1.29 is 19.1 Å². The first-order valence-corrected chi connectivity index (χ1v) is 10.1. The van der Waals surface area contributed by atoms with Crippen molar-refractivity contribution in [1.29, 1.82) is 0 Å². The van der Waals surface area contributed by atoms with Gasteiger partial charge in [-0.1, -0.05) is 24.3 Å². The molecule has 1 heterocycles. The van der Waals surface area contributed by atoms with Crippen LogP contribution in [0.2, 0.25) is 0 Å². The Kier molecular flexibility index (Phi) is 8.13. The van der Waals surface area contributed by atoms with Crippen molar-refractivity contribution in [1.82, 2.24) is 10.3 Å². The largest absolute Gasteiger partial charge is 0.490 e.